The number of rotatable bonds is 4. The van der Waals surface area contributed by atoms with Gasteiger partial charge in [-0.25, -0.2) is 13.4 Å². The predicted octanol–water partition coefficient (Wildman–Crippen LogP) is 2.17. The molecule has 0 aliphatic heterocycles. The maximum Gasteiger partial charge on any atom is 0.293 e. The molecule has 0 saturated heterocycles. The summed E-state index contributed by atoms with van der Waals surface area (Å²) in [5.41, 5.74) is 0.655. The number of anilines is 1. The molecule has 0 spiro atoms. The maximum absolute atomic E-state index is 12.0. The molecule has 0 radical (unpaired) electrons. The Labute approximate surface area is 125 Å². The first kappa shape index (κ1) is 15.3. The third kappa shape index (κ3) is 3.34. The molecular formula is C12H11ClN2O5S. The van der Waals surface area contributed by atoms with Gasteiger partial charge in [-0.05, 0) is 25.1 Å². The largest absolute Gasteiger partial charge is 0.495 e. The fraction of sp³-hybridized carbons (Fsp3) is 0.167. The van der Waals surface area contributed by atoms with E-state index in [1.54, 1.807) is 6.92 Å². The van der Waals surface area contributed by atoms with Crippen molar-refractivity contribution in [2.45, 2.75) is 11.8 Å². The zero-order valence-corrected chi connectivity index (χ0v) is 12.7. The number of aryl methyl sites for hydroxylation is 1. The smallest absolute Gasteiger partial charge is 0.293 e. The summed E-state index contributed by atoms with van der Waals surface area (Å²) in [6.45, 7) is 1.61. The SMILES string of the molecule is COc1ccc(NC(=O)c2ocnc2C)cc1S(=O)(=O)Cl. The summed E-state index contributed by atoms with van der Waals surface area (Å²) in [4.78, 5) is 15.5. The van der Waals surface area contributed by atoms with Gasteiger partial charge in [0, 0.05) is 16.4 Å². The molecule has 0 fully saturated rings. The van der Waals surface area contributed by atoms with E-state index in [0.717, 1.165) is 6.39 Å². The molecule has 112 valence electrons. The lowest BCUT2D eigenvalue weighted by atomic mass is 10.3. The summed E-state index contributed by atoms with van der Waals surface area (Å²) < 4.78 is 32.8. The Morgan fingerprint density at radius 1 is 1.43 bits per heavy atom. The minimum Gasteiger partial charge on any atom is -0.495 e. The van der Waals surface area contributed by atoms with Crippen LogP contribution in [0.15, 0.2) is 33.9 Å². The molecule has 0 bridgehead atoms. The highest BCUT2D eigenvalue weighted by Crippen LogP contribution is 2.29. The van der Waals surface area contributed by atoms with Crippen LogP contribution in [-0.2, 0) is 9.05 Å². The van der Waals surface area contributed by atoms with E-state index in [4.69, 9.17) is 19.8 Å². The highest BCUT2D eigenvalue weighted by Gasteiger charge is 2.19. The van der Waals surface area contributed by atoms with Crippen LogP contribution in [-0.4, -0.2) is 26.4 Å². The van der Waals surface area contributed by atoms with Crippen molar-refractivity contribution < 1.29 is 22.4 Å². The highest BCUT2D eigenvalue weighted by atomic mass is 35.7. The van der Waals surface area contributed by atoms with Gasteiger partial charge < -0.3 is 14.5 Å². The Hall–Kier alpha value is -2.06. The Morgan fingerprint density at radius 3 is 2.67 bits per heavy atom. The predicted molar refractivity (Wildman–Crippen MR) is 75.2 cm³/mol. The molecule has 0 aliphatic rings. The van der Waals surface area contributed by atoms with Gasteiger partial charge in [0.15, 0.2) is 6.39 Å². The Kier molecular flexibility index (Phi) is 4.19. The normalized spacial score (nSPS) is 11.2. The summed E-state index contributed by atoms with van der Waals surface area (Å²) in [6, 6.07) is 4.07. The van der Waals surface area contributed by atoms with Crippen LogP contribution in [0.4, 0.5) is 5.69 Å². The van der Waals surface area contributed by atoms with Crippen molar-refractivity contribution >= 4 is 31.3 Å². The summed E-state index contributed by atoms with van der Waals surface area (Å²) in [5.74, 6) is -0.423. The average molecular weight is 331 g/mol. The third-order valence-corrected chi connectivity index (χ3v) is 3.98. The molecule has 1 N–H and O–H groups in total. The van der Waals surface area contributed by atoms with Crippen molar-refractivity contribution in [1.82, 2.24) is 4.98 Å². The number of methoxy groups -OCH3 is 1. The van der Waals surface area contributed by atoms with Gasteiger partial charge in [0.1, 0.15) is 10.6 Å². The van der Waals surface area contributed by atoms with E-state index in [1.807, 2.05) is 0 Å². The van der Waals surface area contributed by atoms with Gasteiger partial charge in [-0.3, -0.25) is 4.79 Å². The zero-order valence-electron chi connectivity index (χ0n) is 11.1. The number of nitrogens with one attached hydrogen (secondary N) is 1. The second kappa shape index (κ2) is 5.74. The monoisotopic (exact) mass is 330 g/mol. The molecule has 7 nitrogen and oxygen atoms in total. The molecule has 0 unspecified atom stereocenters. The molecule has 21 heavy (non-hydrogen) atoms. The van der Waals surface area contributed by atoms with Crippen LogP contribution in [0.1, 0.15) is 16.2 Å². The first-order valence-electron chi connectivity index (χ1n) is 5.67. The van der Waals surface area contributed by atoms with Gasteiger partial charge in [0.25, 0.3) is 15.0 Å². The van der Waals surface area contributed by atoms with Gasteiger partial charge >= 0.3 is 0 Å². The number of ether oxygens (including phenoxy) is 1. The van der Waals surface area contributed by atoms with E-state index >= 15 is 0 Å². The number of carbonyl (C=O) groups excluding carboxylic acids is 1. The molecule has 1 aromatic carbocycles. The number of nitrogens with zero attached hydrogens (tertiary/aromatic N) is 1. The summed E-state index contributed by atoms with van der Waals surface area (Å²) in [7, 11) is 2.64. The van der Waals surface area contributed by atoms with E-state index in [1.165, 1.54) is 25.3 Å². The van der Waals surface area contributed by atoms with Gasteiger partial charge in [-0.2, -0.15) is 0 Å². The lowest BCUT2D eigenvalue weighted by molar-refractivity contribution is 0.0996. The second-order valence-corrected chi connectivity index (χ2v) is 6.56. The van der Waals surface area contributed by atoms with Crippen molar-refractivity contribution in [3.05, 3.63) is 36.0 Å². The molecule has 1 amide bonds. The summed E-state index contributed by atoms with van der Waals surface area (Å²) >= 11 is 0. The van der Waals surface area contributed by atoms with Gasteiger partial charge in [-0.1, -0.05) is 0 Å². The van der Waals surface area contributed by atoms with Crippen LogP contribution >= 0.6 is 10.7 Å². The highest BCUT2D eigenvalue weighted by molar-refractivity contribution is 8.13. The first-order valence-corrected chi connectivity index (χ1v) is 7.98. The van der Waals surface area contributed by atoms with E-state index in [2.05, 4.69) is 10.3 Å². The molecule has 0 saturated carbocycles. The molecule has 1 heterocycles. The number of benzene rings is 1. The maximum atomic E-state index is 12.0. The van der Waals surface area contributed by atoms with E-state index in [-0.39, 0.29) is 22.1 Å². The van der Waals surface area contributed by atoms with Crippen molar-refractivity contribution in [3.63, 3.8) is 0 Å². The van der Waals surface area contributed by atoms with Crippen molar-refractivity contribution in [1.29, 1.82) is 0 Å². The number of aromatic nitrogens is 1. The minimum atomic E-state index is -4.01. The Morgan fingerprint density at radius 2 is 2.14 bits per heavy atom. The molecular weight excluding hydrogens is 320 g/mol. The molecule has 1 aromatic heterocycles. The summed E-state index contributed by atoms with van der Waals surface area (Å²) in [5, 5.41) is 2.50. The fourth-order valence-electron chi connectivity index (χ4n) is 1.65. The Bertz CT molecular complexity index is 785. The molecule has 0 aliphatic carbocycles. The molecule has 9 heteroatoms. The fourth-order valence-corrected chi connectivity index (χ4v) is 2.67. The standard InChI is InChI=1S/C12H11ClN2O5S/c1-7-11(20-6-14-7)12(16)15-8-3-4-9(19-2)10(5-8)21(13,17)18/h3-6H,1-2H3,(H,15,16). The van der Waals surface area contributed by atoms with Crippen molar-refractivity contribution in [2.75, 3.05) is 12.4 Å². The van der Waals surface area contributed by atoms with Crippen molar-refractivity contribution in [2.24, 2.45) is 0 Å². The zero-order chi connectivity index (χ0) is 15.6. The Balaban J connectivity index is 2.34. The lowest BCUT2D eigenvalue weighted by Gasteiger charge is -2.09. The van der Waals surface area contributed by atoms with Crippen LogP contribution in [0.25, 0.3) is 0 Å². The van der Waals surface area contributed by atoms with Crippen LogP contribution in [0.2, 0.25) is 0 Å². The van der Waals surface area contributed by atoms with Gasteiger partial charge in [0.2, 0.25) is 5.76 Å². The minimum absolute atomic E-state index is 0.0427. The quantitative estimate of drug-likeness (QED) is 0.863. The average Bonchev–Trinajstić information content (AvgIpc) is 2.84. The number of hydrogen-bond acceptors (Lipinski definition) is 6. The lowest BCUT2D eigenvalue weighted by Crippen LogP contribution is -2.12. The topological polar surface area (TPSA) is 98.5 Å². The van der Waals surface area contributed by atoms with Gasteiger partial charge in [0.05, 0.1) is 12.8 Å². The number of carbonyl (C=O) groups is 1. The third-order valence-electron chi connectivity index (χ3n) is 2.64. The van der Waals surface area contributed by atoms with E-state index in [9.17, 15) is 13.2 Å². The van der Waals surface area contributed by atoms with Gasteiger partial charge in [-0.15, -0.1) is 0 Å². The number of halogens is 1. The first-order chi connectivity index (χ1) is 9.82. The van der Waals surface area contributed by atoms with Crippen LogP contribution in [0, 0.1) is 6.92 Å². The van der Waals surface area contributed by atoms with Crippen molar-refractivity contribution in [3.8, 4) is 5.75 Å². The van der Waals surface area contributed by atoms with Crippen LogP contribution in [0.3, 0.4) is 0 Å². The number of oxazole rings is 1. The van der Waals surface area contributed by atoms with E-state index in [0.29, 0.717) is 5.69 Å². The second-order valence-electron chi connectivity index (χ2n) is 4.02. The summed E-state index contributed by atoms with van der Waals surface area (Å²) in [6.07, 6.45) is 1.15. The molecule has 2 aromatic rings. The number of amides is 1. The molecule has 0 atom stereocenters. The number of hydrogen-bond donors (Lipinski definition) is 1. The molecule has 2 rings (SSSR count). The van der Waals surface area contributed by atoms with Crippen LogP contribution in [0.5, 0.6) is 5.75 Å². The van der Waals surface area contributed by atoms with E-state index < -0.39 is 15.0 Å². The van der Waals surface area contributed by atoms with Crippen LogP contribution < -0.4 is 10.1 Å².